The fraction of sp³-hybridized carbons (Fsp3) is 0.562. The molecule has 1 aliphatic heterocycles. The molecule has 1 unspecified atom stereocenters. The maximum Gasteiger partial charge on any atom is 0.252 e. The van der Waals surface area contributed by atoms with Crippen LogP contribution in [0.5, 0.6) is 0 Å². The SMILES string of the molecule is CC(C)Sc1ccccc1C(=O)NCCC1CCNC1. The van der Waals surface area contributed by atoms with Crippen molar-refractivity contribution in [2.75, 3.05) is 19.6 Å². The molecule has 0 radical (unpaired) electrons. The van der Waals surface area contributed by atoms with Gasteiger partial charge in [0, 0.05) is 16.7 Å². The maximum atomic E-state index is 12.3. The highest BCUT2D eigenvalue weighted by Gasteiger charge is 2.15. The largest absolute Gasteiger partial charge is 0.352 e. The van der Waals surface area contributed by atoms with Gasteiger partial charge >= 0.3 is 0 Å². The van der Waals surface area contributed by atoms with Gasteiger partial charge in [-0.2, -0.15) is 0 Å². The number of carbonyl (C=O) groups excluding carboxylic acids is 1. The van der Waals surface area contributed by atoms with E-state index in [4.69, 9.17) is 0 Å². The van der Waals surface area contributed by atoms with Gasteiger partial charge in [-0.25, -0.2) is 0 Å². The van der Waals surface area contributed by atoms with E-state index in [1.54, 1.807) is 11.8 Å². The van der Waals surface area contributed by atoms with Gasteiger partial charge in [0.15, 0.2) is 0 Å². The number of rotatable bonds is 6. The van der Waals surface area contributed by atoms with E-state index in [1.807, 2.05) is 24.3 Å². The van der Waals surface area contributed by atoms with E-state index >= 15 is 0 Å². The minimum absolute atomic E-state index is 0.0553. The molecular weight excluding hydrogens is 268 g/mol. The summed E-state index contributed by atoms with van der Waals surface area (Å²) in [5, 5.41) is 6.90. The number of nitrogens with one attached hydrogen (secondary N) is 2. The Bertz CT molecular complexity index is 442. The zero-order chi connectivity index (χ0) is 14.4. The standard InChI is InChI=1S/C16H24N2OS/c1-12(2)20-15-6-4-3-5-14(15)16(19)18-10-8-13-7-9-17-11-13/h3-6,12-13,17H,7-11H2,1-2H3,(H,18,19). The summed E-state index contributed by atoms with van der Waals surface area (Å²) in [4.78, 5) is 13.4. The molecule has 1 saturated heterocycles. The molecule has 0 saturated carbocycles. The third-order valence-corrected chi connectivity index (χ3v) is 4.58. The van der Waals surface area contributed by atoms with Crippen LogP contribution in [0, 0.1) is 5.92 Å². The second kappa shape index (κ2) is 7.70. The topological polar surface area (TPSA) is 41.1 Å². The van der Waals surface area contributed by atoms with Crippen LogP contribution in [0.15, 0.2) is 29.2 Å². The van der Waals surface area contributed by atoms with Crippen molar-refractivity contribution >= 4 is 17.7 Å². The van der Waals surface area contributed by atoms with E-state index in [1.165, 1.54) is 6.42 Å². The zero-order valence-electron chi connectivity index (χ0n) is 12.3. The molecule has 1 atom stereocenters. The second-order valence-electron chi connectivity index (χ2n) is 5.57. The maximum absolute atomic E-state index is 12.3. The van der Waals surface area contributed by atoms with Crippen molar-refractivity contribution < 1.29 is 4.79 Å². The third-order valence-electron chi connectivity index (χ3n) is 3.49. The first-order chi connectivity index (χ1) is 9.66. The van der Waals surface area contributed by atoms with Crippen LogP contribution in [-0.4, -0.2) is 30.8 Å². The number of hydrogen-bond acceptors (Lipinski definition) is 3. The number of amides is 1. The Kier molecular flexibility index (Phi) is 5.92. The first kappa shape index (κ1) is 15.4. The lowest BCUT2D eigenvalue weighted by Crippen LogP contribution is -2.27. The number of hydrogen-bond donors (Lipinski definition) is 2. The fourth-order valence-electron chi connectivity index (χ4n) is 2.46. The van der Waals surface area contributed by atoms with Crippen LogP contribution in [0.1, 0.15) is 37.0 Å². The molecule has 0 aromatic heterocycles. The van der Waals surface area contributed by atoms with Crippen LogP contribution in [0.2, 0.25) is 0 Å². The quantitative estimate of drug-likeness (QED) is 0.792. The van der Waals surface area contributed by atoms with Crippen LogP contribution in [0.3, 0.4) is 0 Å². The van der Waals surface area contributed by atoms with E-state index in [0.717, 1.165) is 42.4 Å². The molecule has 2 rings (SSSR count). The zero-order valence-corrected chi connectivity index (χ0v) is 13.1. The Morgan fingerprint density at radius 3 is 2.95 bits per heavy atom. The third kappa shape index (κ3) is 4.53. The van der Waals surface area contributed by atoms with E-state index in [9.17, 15) is 4.79 Å². The molecule has 1 aromatic rings. The van der Waals surface area contributed by atoms with Crippen molar-refractivity contribution in [3.63, 3.8) is 0 Å². The van der Waals surface area contributed by atoms with Gasteiger partial charge in [0.2, 0.25) is 0 Å². The van der Waals surface area contributed by atoms with Gasteiger partial charge in [0.1, 0.15) is 0 Å². The van der Waals surface area contributed by atoms with E-state index in [0.29, 0.717) is 5.25 Å². The molecule has 2 N–H and O–H groups in total. The van der Waals surface area contributed by atoms with Crippen LogP contribution in [-0.2, 0) is 0 Å². The highest BCUT2D eigenvalue weighted by molar-refractivity contribution is 8.00. The number of benzene rings is 1. The van der Waals surface area contributed by atoms with Gasteiger partial charge < -0.3 is 10.6 Å². The lowest BCUT2D eigenvalue weighted by molar-refractivity contribution is 0.0948. The molecule has 0 bridgehead atoms. The minimum atomic E-state index is 0.0553. The summed E-state index contributed by atoms with van der Waals surface area (Å²) in [6.45, 7) is 7.27. The molecule has 1 aromatic carbocycles. The van der Waals surface area contributed by atoms with Gasteiger partial charge in [-0.1, -0.05) is 26.0 Å². The van der Waals surface area contributed by atoms with Crippen molar-refractivity contribution in [1.29, 1.82) is 0 Å². The van der Waals surface area contributed by atoms with Crippen molar-refractivity contribution in [1.82, 2.24) is 10.6 Å². The van der Waals surface area contributed by atoms with Crippen molar-refractivity contribution in [3.8, 4) is 0 Å². The monoisotopic (exact) mass is 292 g/mol. The molecule has 1 amide bonds. The lowest BCUT2D eigenvalue weighted by atomic mass is 10.1. The van der Waals surface area contributed by atoms with Gasteiger partial charge in [-0.3, -0.25) is 4.79 Å². The number of thioether (sulfide) groups is 1. The molecule has 110 valence electrons. The van der Waals surface area contributed by atoms with Crippen LogP contribution in [0.4, 0.5) is 0 Å². The Hall–Kier alpha value is -1.00. The van der Waals surface area contributed by atoms with Gasteiger partial charge in [0.25, 0.3) is 5.91 Å². The van der Waals surface area contributed by atoms with E-state index in [2.05, 4.69) is 24.5 Å². The molecule has 1 fully saturated rings. The Morgan fingerprint density at radius 1 is 1.45 bits per heavy atom. The normalized spacial score (nSPS) is 18.4. The minimum Gasteiger partial charge on any atom is -0.352 e. The van der Waals surface area contributed by atoms with Gasteiger partial charge in [-0.15, -0.1) is 11.8 Å². The summed E-state index contributed by atoms with van der Waals surface area (Å²) in [6, 6.07) is 7.86. The van der Waals surface area contributed by atoms with Crippen LogP contribution in [0.25, 0.3) is 0 Å². The molecule has 0 aliphatic carbocycles. The predicted molar refractivity (Wildman–Crippen MR) is 85.4 cm³/mol. The summed E-state index contributed by atoms with van der Waals surface area (Å²) in [6.07, 6.45) is 2.30. The first-order valence-corrected chi connectivity index (χ1v) is 8.29. The highest BCUT2D eigenvalue weighted by atomic mass is 32.2. The summed E-state index contributed by atoms with van der Waals surface area (Å²) < 4.78 is 0. The summed E-state index contributed by atoms with van der Waals surface area (Å²) >= 11 is 1.74. The Balaban J connectivity index is 1.87. The predicted octanol–water partition coefficient (Wildman–Crippen LogP) is 2.92. The molecule has 20 heavy (non-hydrogen) atoms. The smallest absolute Gasteiger partial charge is 0.252 e. The fourth-order valence-corrected chi connectivity index (χ4v) is 3.41. The van der Waals surface area contributed by atoms with Crippen LogP contribution < -0.4 is 10.6 Å². The van der Waals surface area contributed by atoms with Gasteiger partial charge in [-0.05, 0) is 44.0 Å². The van der Waals surface area contributed by atoms with Crippen molar-refractivity contribution in [3.05, 3.63) is 29.8 Å². The van der Waals surface area contributed by atoms with Crippen molar-refractivity contribution in [2.24, 2.45) is 5.92 Å². The number of carbonyl (C=O) groups is 1. The summed E-state index contributed by atoms with van der Waals surface area (Å²) in [5.74, 6) is 0.773. The average molecular weight is 292 g/mol. The average Bonchev–Trinajstić information content (AvgIpc) is 2.91. The Labute approximate surface area is 125 Å². The van der Waals surface area contributed by atoms with Crippen molar-refractivity contribution in [2.45, 2.75) is 36.8 Å². The Morgan fingerprint density at radius 2 is 2.25 bits per heavy atom. The summed E-state index contributed by atoms with van der Waals surface area (Å²) in [5.41, 5.74) is 0.802. The molecule has 1 aliphatic rings. The van der Waals surface area contributed by atoms with Gasteiger partial charge in [0.05, 0.1) is 5.56 Å². The molecule has 1 heterocycles. The molecule has 0 spiro atoms. The van der Waals surface area contributed by atoms with E-state index in [-0.39, 0.29) is 5.91 Å². The molecule has 3 nitrogen and oxygen atoms in total. The first-order valence-electron chi connectivity index (χ1n) is 7.41. The van der Waals surface area contributed by atoms with Crippen LogP contribution >= 0.6 is 11.8 Å². The molecular formula is C16H24N2OS. The highest BCUT2D eigenvalue weighted by Crippen LogP contribution is 2.26. The summed E-state index contributed by atoms with van der Waals surface area (Å²) in [7, 11) is 0. The molecule has 4 heteroatoms. The van der Waals surface area contributed by atoms with E-state index < -0.39 is 0 Å². The second-order valence-corrected chi connectivity index (χ2v) is 7.18. The lowest BCUT2D eigenvalue weighted by Gasteiger charge is -2.12.